The third-order valence-corrected chi connectivity index (χ3v) is 5.46. The molecule has 1 unspecified atom stereocenters. The third kappa shape index (κ3) is 5.36. The number of ether oxygens (including phenoxy) is 1. The van der Waals surface area contributed by atoms with Gasteiger partial charge in [-0.2, -0.15) is 0 Å². The zero-order valence-corrected chi connectivity index (χ0v) is 19.4. The van der Waals surface area contributed by atoms with E-state index in [2.05, 4.69) is 25.9 Å². The molecule has 0 saturated carbocycles. The summed E-state index contributed by atoms with van der Waals surface area (Å²) in [6.07, 6.45) is 2.77. The topological polar surface area (TPSA) is 135 Å². The number of benzene rings is 2. The van der Waals surface area contributed by atoms with Gasteiger partial charge in [0.15, 0.2) is 0 Å². The Bertz CT molecular complexity index is 1360. The van der Waals surface area contributed by atoms with Gasteiger partial charge in [0.2, 0.25) is 11.7 Å². The number of hydrogen-bond donors (Lipinski definition) is 2. The smallest absolute Gasteiger partial charge is 0.290 e. The van der Waals surface area contributed by atoms with Crippen molar-refractivity contribution in [1.29, 1.82) is 0 Å². The first kappa shape index (κ1) is 23.1. The van der Waals surface area contributed by atoms with Gasteiger partial charge in [-0.15, -0.1) is 0 Å². The van der Waals surface area contributed by atoms with Crippen molar-refractivity contribution in [2.45, 2.75) is 12.6 Å². The Morgan fingerprint density at radius 3 is 2.61 bits per heavy atom. The minimum atomic E-state index is -0.876. The van der Waals surface area contributed by atoms with E-state index in [1.807, 2.05) is 12.1 Å². The van der Waals surface area contributed by atoms with Crippen LogP contribution in [0.1, 0.15) is 16.1 Å². The average molecular weight is 507 g/mol. The highest BCUT2D eigenvalue weighted by Gasteiger charge is 2.34. The molecule has 11 nitrogen and oxygen atoms in total. The SMILES string of the molecule is O=C(NC1CN=C(Nc2ccc(Oc3ccon3)cc2)N(Cc2ccc(Cl)cc2)C1=O)c1ccno1. The van der Waals surface area contributed by atoms with Crippen LogP contribution in [0.4, 0.5) is 5.69 Å². The van der Waals surface area contributed by atoms with Crippen LogP contribution in [0.2, 0.25) is 5.02 Å². The van der Waals surface area contributed by atoms with E-state index < -0.39 is 11.9 Å². The van der Waals surface area contributed by atoms with Crippen molar-refractivity contribution in [3.63, 3.8) is 0 Å². The van der Waals surface area contributed by atoms with Crippen LogP contribution in [0.15, 0.2) is 87.2 Å². The number of aromatic nitrogens is 2. The van der Waals surface area contributed by atoms with Crippen LogP contribution in [0.3, 0.4) is 0 Å². The molecular weight excluding hydrogens is 488 g/mol. The lowest BCUT2D eigenvalue weighted by molar-refractivity contribution is -0.130. The molecule has 0 spiro atoms. The summed E-state index contributed by atoms with van der Waals surface area (Å²) >= 11 is 6.01. The highest BCUT2D eigenvalue weighted by atomic mass is 35.5. The van der Waals surface area contributed by atoms with Gasteiger partial charge >= 0.3 is 0 Å². The fraction of sp³-hybridized carbons (Fsp3) is 0.125. The first-order chi connectivity index (χ1) is 17.5. The molecule has 5 rings (SSSR count). The Hall–Kier alpha value is -4.64. The number of nitrogens with one attached hydrogen (secondary N) is 2. The minimum Gasteiger partial charge on any atom is -0.436 e. The summed E-state index contributed by atoms with van der Waals surface area (Å²) in [6, 6.07) is 16.3. The number of hydrogen-bond acceptors (Lipinski definition) is 9. The van der Waals surface area contributed by atoms with E-state index in [1.54, 1.807) is 42.5 Å². The zero-order chi connectivity index (χ0) is 24.9. The van der Waals surface area contributed by atoms with Gasteiger partial charge in [-0.3, -0.25) is 14.5 Å². The van der Waals surface area contributed by atoms with Crippen molar-refractivity contribution in [3.8, 4) is 11.6 Å². The van der Waals surface area contributed by atoms with Crippen molar-refractivity contribution in [2.75, 3.05) is 11.9 Å². The summed E-state index contributed by atoms with van der Waals surface area (Å²) in [5, 5.41) is 13.7. The van der Waals surface area contributed by atoms with Gasteiger partial charge in [-0.05, 0) is 47.1 Å². The molecule has 0 aliphatic carbocycles. The molecule has 2 amide bonds. The number of halogens is 1. The number of aliphatic imine (C=N–C) groups is 1. The molecule has 4 aromatic rings. The molecule has 0 saturated heterocycles. The van der Waals surface area contributed by atoms with Gasteiger partial charge in [-0.25, -0.2) is 4.99 Å². The molecule has 0 radical (unpaired) electrons. The molecule has 2 N–H and O–H groups in total. The maximum Gasteiger partial charge on any atom is 0.290 e. The maximum atomic E-state index is 13.4. The quantitative estimate of drug-likeness (QED) is 0.387. The molecule has 3 heterocycles. The van der Waals surface area contributed by atoms with Gasteiger partial charge in [-0.1, -0.05) is 28.9 Å². The molecule has 182 valence electrons. The molecule has 2 aromatic heterocycles. The average Bonchev–Trinajstić information content (AvgIpc) is 3.60. The standard InChI is InChI=1S/C24H19ClN6O5/c25-16-3-1-15(2-4-16)14-31-23(33)19(29-22(32)20-9-11-27-36-20)13-26-24(31)28-17-5-7-18(8-6-17)35-21-10-12-34-30-21/h1-12,19H,13-14H2,(H,26,28)(H,29,32). The van der Waals surface area contributed by atoms with E-state index in [4.69, 9.17) is 25.4 Å². The Balaban J connectivity index is 1.34. The second-order valence-electron chi connectivity index (χ2n) is 7.71. The van der Waals surface area contributed by atoms with E-state index >= 15 is 0 Å². The van der Waals surface area contributed by atoms with Crippen LogP contribution < -0.4 is 15.4 Å². The zero-order valence-electron chi connectivity index (χ0n) is 18.6. The van der Waals surface area contributed by atoms with E-state index in [0.717, 1.165) is 5.56 Å². The highest BCUT2D eigenvalue weighted by Crippen LogP contribution is 2.23. The number of guanidine groups is 1. The van der Waals surface area contributed by atoms with Crippen molar-refractivity contribution in [3.05, 3.63) is 89.5 Å². The van der Waals surface area contributed by atoms with Crippen molar-refractivity contribution >= 4 is 35.1 Å². The predicted molar refractivity (Wildman–Crippen MR) is 129 cm³/mol. The van der Waals surface area contributed by atoms with E-state index in [9.17, 15) is 9.59 Å². The van der Waals surface area contributed by atoms with Gasteiger partial charge in [0, 0.05) is 22.8 Å². The summed E-state index contributed by atoms with van der Waals surface area (Å²) in [6.45, 7) is 0.259. The lowest BCUT2D eigenvalue weighted by Crippen LogP contribution is -2.56. The van der Waals surface area contributed by atoms with Crippen LogP contribution in [0.5, 0.6) is 11.6 Å². The van der Waals surface area contributed by atoms with Crippen molar-refractivity contribution < 1.29 is 23.4 Å². The summed E-state index contributed by atoms with van der Waals surface area (Å²) in [5.74, 6) is 0.362. The highest BCUT2D eigenvalue weighted by molar-refractivity contribution is 6.30. The summed E-state index contributed by atoms with van der Waals surface area (Å²) < 4.78 is 15.2. The summed E-state index contributed by atoms with van der Waals surface area (Å²) in [4.78, 5) is 31.8. The number of carbonyl (C=O) groups is 2. The van der Waals surface area contributed by atoms with Crippen LogP contribution >= 0.6 is 11.6 Å². The molecule has 1 aliphatic rings. The van der Waals surface area contributed by atoms with Crippen LogP contribution in [0.25, 0.3) is 0 Å². The molecule has 1 aliphatic heterocycles. The Kier molecular flexibility index (Phi) is 6.63. The third-order valence-electron chi connectivity index (χ3n) is 5.21. The lowest BCUT2D eigenvalue weighted by atomic mass is 10.1. The van der Waals surface area contributed by atoms with Crippen LogP contribution in [0, 0.1) is 0 Å². The summed E-state index contributed by atoms with van der Waals surface area (Å²) in [7, 11) is 0. The number of nitrogens with zero attached hydrogens (tertiary/aromatic N) is 4. The molecule has 0 fully saturated rings. The van der Waals surface area contributed by atoms with Gasteiger partial charge in [0.25, 0.3) is 17.7 Å². The molecule has 1 atom stereocenters. The number of anilines is 1. The molecule has 36 heavy (non-hydrogen) atoms. The molecule has 2 aromatic carbocycles. The molecule has 0 bridgehead atoms. The van der Waals surface area contributed by atoms with Gasteiger partial charge in [0.05, 0.1) is 19.3 Å². The second-order valence-corrected chi connectivity index (χ2v) is 8.14. The van der Waals surface area contributed by atoms with E-state index in [1.165, 1.54) is 23.4 Å². The monoisotopic (exact) mass is 506 g/mol. The number of rotatable bonds is 7. The Morgan fingerprint density at radius 1 is 1.11 bits per heavy atom. The minimum absolute atomic E-state index is 0.00730. The molecule has 12 heteroatoms. The predicted octanol–water partition coefficient (Wildman–Crippen LogP) is 3.72. The lowest BCUT2D eigenvalue weighted by Gasteiger charge is -2.32. The van der Waals surface area contributed by atoms with Crippen molar-refractivity contribution in [1.82, 2.24) is 20.5 Å². The Labute approximate surface area is 209 Å². The largest absolute Gasteiger partial charge is 0.436 e. The normalized spacial score (nSPS) is 15.4. The van der Waals surface area contributed by atoms with Gasteiger partial charge in [0.1, 0.15) is 18.1 Å². The number of amides is 2. The first-order valence-electron chi connectivity index (χ1n) is 10.8. The fourth-order valence-electron chi connectivity index (χ4n) is 3.45. The Morgan fingerprint density at radius 2 is 1.92 bits per heavy atom. The van der Waals surface area contributed by atoms with Crippen molar-refractivity contribution in [2.24, 2.45) is 4.99 Å². The number of carbonyl (C=O) groups excluding carboxylic acids is 2. The van der Waals surface area contributed by atoms with Crippen LogP contribution in [-0.4, -0.2) is 45.6 Å². The maximum absolute atomic E-state index is 13.4. The fourth-order valence-corrected chi connectivity index (χ4v) is 3.57. The molecular formula is C24H19ClN6O5. The van der Waals surface area contributed by atoms with Gasteiger partial charge < -0.3 is 24.4 Å². The first-order valence-corrected chi connectivity index (χ1v) is 11.2. The van der Waals surface area contributed by atoms with Crippen LogP contribution in [-0.2, 0) is 11.3 Å². The second kappa shape index (κ2) is 10.3. The summed E-state index contributed by atoms with van der Waals surface area (Å²) in [5.41, 5.74) is 1.51. The van der Waals surface area contributed by atoms with E-state index in [0.29, 0.717) is 28.3 Å². The van der Waals surface area contributed by atoms with E-state index in [-0.39, 0.29) is 24.8 Å².